The lowest BCUT2D eigenvalue weighted by atomic mass is 10.00. The van der Waals surface area contributed by atoms with Gasteiger partial charge in [-0.05, 0) is 48.9 Å². The van der Waals surface area contributed by atoms with Crippen LogP contribution < -0.4 is 10.6 Å². The lowest BCUT2D eigenvalue weighted by molar-refractivity contribution is -0.123. The van der Waals surface area contributed by atoms with E-state index in [1.807, 2.05) is 13.0 Å². The van der Waals surface area contributed by atoms with Crippen molar-refractivity contribution in [1.29, 1.82) is 0 Å². The fourth-order valence-electron chi connectivity index (χ4n) is 3.13. The Morgan fingerprint density at radius 3 is 2.69 bits per heavy atom. The molecule has 2 N–H and O–H groups in total. The average Bonchev–Trinajstić information content (AvgIpc) is 3.30. The highest BCUT2D eigenvalue weighted by Gasteiger charge is 2.30. The summed E-state index contributed by atoms with van der Waals surface area (Å²) in [4.78, 5) is 12.6. The molecule has 26 heavy (non-hydrogen) atoms. The van der Waals surface area contributed by atoms with E-state index >= 15 is 0 Å². The summed E-state index contributed by atoms with van der Waals surface area (Å²) in [6, 6.07) is 4.13. The Morgan fingerprint density at radius 1 is 1.38 bits per heavy atom. The van der Waals surface area contributed by atoms with E-state index in [0.717, 1.165) is 24.0 Å². The molecule has 1 aromatic rings. The smallest absolute Gasteiger partial charge is 0.237 e. The number of benzene rings is 1. The minimum Gasteiger partial charge on any atom is -0.348 e. The zero-order valence-corrected chi connectivity index (χ0v) is 15.9. The van der Waals surface area contributed by atoms with E-state index in [1.54, 1.807) is 18.2 Å². The number of nitrogens with one attached hydrogen (secondary N) is 2. The summed E-state index contributed by atoms with van der Waals surface area (Å²) in [6.45, 7) is 2.05. The number of allylic oxidation sites excluding steroid dienone is 1. The van der Waals surface area contributed by atoms with Gasteiger partial charge in [-0.3, -0.25) is 4.79 Å². The second kappa shape index (κ2) is 7.48. The van der Waals surface area contributed by atoms with Crippen LogP contribution in [-0.2, 0) is 14.6 Å². The van der Waals surface area contributed by atoms with Gasteiger partial charge >= 0.3 is 0 Å². The van der Waals surface area contributed by atoms with Crippen molar-refractivity contribution in [3.63, 3.8) is 0 Å². The van der Waals surface area contributed by atoms with Crippen molar-refractivity contribution in [1.82, 2.24) is 10.6 Å². The Kier molecular flexibility index (Phi) is 5.48. The van der Waals surface area contributed by atoms with Crippen LogP contribution in [-0.4, -0.2) is 39.3 Å². The molecule has 1 saturated heterocycles. The summed E-state index contributed by atoms with van der Waals surface area (Å²) in [6.07, 6.45) is 6.71. The maximum Gasteiger partial charge on any atom is 0.237 e. The van der Waals surface area contributed by atoms with Crippen molar-refractivity contribution in [3.8, 4) is 0 Å². The predicted molar refractivity (Wildman–Crippen MR) is 99.2 cm³/mol. The zero-order valence-electron chi connectivity index (χ0n) is 15.0. The topological polar surface area (TPSA) is 75.3 Å². The van der Waals surface area contributed by atoms with Crippen molar-refractivity contribution in [2.45, 2.75) is 49.3 Å². The third-order valence-corrected chi connectivity index (χ3v) is 5.99. The molecule has 1 aliphatic heterocycles. The average molecular weight is 380 g/mol. The van der Waals surface area contributed by atoms with Gasteiger partial charge in [0.05, 0.1) is 17.0 Å². The van der Waals surface area contributed by atoms with E-state index in [9.17, 15) is 17.6 Å². The monoisotopic (exact) mass is 380 g/mol. The first-order valence-corrected chi connectivity index (χ1v) is 10.8. The molecule has 1 aliphatic carbocycles. The van der Waals surface area contributed by atoms with Crippen LogP contribution in [0, 0.1) is 5.92 Å². The van der Waals surface area contributed by atoms with E-state index in [-0.39, 0.29) is 29.8 Å². The van der Waals surface area contributed by atoms with Crippen molar-refractivity contribution < 1.29 is 17.6 Å². The van der Waals surface area contributed by atoms with Crippen LogP contribution in [0.3, 0.4) is 0 Å². The van der Waals surface area contributed by atoms with Crippen LogP contribution in [0.1, 0.15) is 43.4 Å². The van der Waals surface area contributed by atoms with Crippen LogP contribution in [0.2, 0.25) is 0 Å². The van der Waals surface area contributed by atoms with Gasteiger partial charge in [0.25, 0.3) is 0 Å². The SMILES string of the molecule is C[C@H](NC(=O)[C@@H]1C[C@@H](F)CN1)c1ccc(S(C)(=O)=O)cc1/C=C/C1CC1. The van der Waals surface area contributed by atoms with Gasteiger partial charge in [-0.1, -0.05) is 18.2 Å². The minimum atomic E-state index is -3.31. The number of rotatable bonds is 6. The number of sulfone groups is 1. The van der Waals surface area contributed by atoms with Crippen molar-refractivity contribution in [3.05, 3.63) is 35.4 Å². The summed E-state index contributed by atoms with van der Waals surface area (Å²) in [7, 11) is -3.31. The predicted octanol–water partition coefficient (Wildman–Crippen LogP) is 2.39. The van der Waals surface area contributed by atoms with Gasteiger partial charge in [-0.25, -0.2) is 12.8 Å². The lowest BCUT2D eigenvalue weighted by Gasteiger charge is -2.20. The summed E-state index contributed by atoms with van der Waals surface area (Å²) >= 11 is 0. The molecule has 1 aromatic carbocycles. The molecule has 142 valence electrons. The molecule has 5 nitrogen and oxygen atoms in total. The van der Waals surface area contributed by atoms with Gasteiger partial charge in [0, 0.05) is 19.2 Å². The molecule has 7 heteroatoms. The second-order valence-electron chi connectivity index (χ2n) is 7.28. The largest absolute Gasteiger partial charge is 0.348 e. The molecule has 0 bridgehead atoms. The third kappa shape index (κ3) is 4.71. The molecular weight excluding hydrogens is 355 g/mol. The molecule has 1 amide bonds. The molecule has 0 unspecified atom stereocenters. The molecule has 1 saturated carbocycles. The molecular formula is C19H25FN2O3S. The van der Waals surface area contributed by atoms with Crippen LogP contribution in [0.4, 0.5) is 4.39 Å². The zero-order chi connectivity index (χ0) is 18.9. The third-order valence-electron chi connectivity index (χ3n) is 4.88. The quantitative estimate of drug-likeness (QED) is 0.795. The molecule has 3 rings (SSSR count). The molecule has 0 aromatic heterocycles. The van der Waals surface area contributed by atoms with Crippen molar-refractivity contribution in [2.24, 2.45) is 5.92 Å². The van der Waals surface area contributed by atoms with E-state index in [2.05, 4.69) is 16.7 Å². The van der Waals surface area contributed by atoms with E-state index in [0.29, 0.717) is 5.92 Å². The highest BCUT2D eigenvalue weighted by molar-refractivity contribution is 7.90. The number of hydrogen-bond acceptors (Lipinski definition) is 4. The van der Waals surface area contributed by atoms with Gasteiger partial charge in [-0.15, -0.1) is 0 Å². The summed E-state index contributed by atoms with van der Waals surface area (Å²) in [5.74, 6) is 0.320. The highest BCUT2D eigenvalue weighted by atomic mass is 32.2. The highest BCUT2D eigenvalue weighted by Crippen LogP contribution is 2.32. The van der Waals surface area contributed by atoms with Gasteiger partial charge < -0.3 is 10.6 Å². The first-order valence-electron chi connectivity index (χ1n) is 8.94. The normalized spacial score (nSPS) is 24.7. The lowest BCUT2D eigenvalue weighted by Crippen LogP contribution is -2.41. The Morgan fingerprint density at radius 2 is 2.12 bits per heavy atom. The van der Waals surface area contributed by atoms with E-state index in [1.165, 1.54) is 6.26 Å². The maximum absolute atomic E-state index is 13.3. The Bertz CT molecular complexity index is 818. The van der Waals surface area contributed by atoms with Crippen molar-refractivity contribution >= 4 is 21.8 Å². The molecule has 2 fully saturated rings. The Labute approximate surface area is 154 Å². The number of hydrogen-bond donors (Lipinski definition) is 2. The maximum atomic E-state index is 13.3. The number of amides is 1. The first-order chi connectivity index (χ1) is 12.2. The molecule has 0 radical (unpaired) electrons. The van der Waals surface area contributed by atoms with Crippen LogP contribution >= 0.6 is 0 Å². The summed E-state index contributed by atoms with van der Waals surface area (Å²) in [5.41, 5.74) is 1.63. The Hall–Kier alpha value is -1.73. The van der Waals surface area contributed by atoms with Crippen molar-refractivity contribution in [2.75, 3.05) is 12.8 Å². The van der Waals surface area contributed by atoms with Gasteiger partial charge in [0.15, 0.2) is 9.84 Å². The van der Waals surface area contributed by atoms with Crippen LogP contribution in [0.5, 0.6) is 0 Å². The molecule has 0 spiro atoms. The minimum absolute atomic E-state index is 0.181. The van der Waals surface area contributed by atoms with E-state index in [4.69, 9.17) is 0 Å². The van der Waals surface area contributed by atoms with Crippen LogP contribution in [0.25, 0.3) is 6.08 Å². The number of alkyl halides is 1. The number of carbonyl (C=O) groups is 1. The molecule has 1 heterocycles. The van der Waals surface area contributed by atoms with Crippen LogP contribution in [0.15, 0.2) is 29.2 Å². The van der Waals surface area contributed by atoms with Gasteiger partial charge in [0.2, 0.25) is 5.91 Å². The standard InChI is InChI=1S/C19H25FN2O3S/c1-12(22-19(23)18-10-15(20)11-21-18)17-8-7-16(26(2,24)25)9-14(17)6-5-13-3-4-13/h5-9,12-13,15,18,21H,3-4,10-11H2,1-2H3,(H,22,23)/b6-5+/t12-,15+,18-/m0/s1. The first kappa shape index (κ1) is 19.0. The Balaban J connectivity index is 1.81. The number of halogens is 1. The number of carbonyl (C=O) groups excluding carboxylic acids is 1. The summed E-state index contributed by atoms with van der Waals surface area (Å²) < 4.78 is 37.0. The fourth-order valence-corrected chi connectivity index (χ4v) is 3.79. The van der Waals surface area contributed by atoms with Gasteiger partial charge in [-0.2, -0.15) is 0 Å². The second-order valence-corrected chi connectivity index (χ2v) is 9.30. The fraction of sp³-hybridized carbons (Fsp3) is 0.526. The van der Waals surface area contributed by atoms with Gasteiger partial charge in [0.1, 0.15) is 6.17 Å². The molecule has 3 atom stereocenters. The van der Waals surface area contributed by atoms with E-state index < -0.39 is 22.1 Å². The summed E-state index contributed by atoms with van der Waals surface area (Å²) in [5, 5.41) is 5.78. The molecule has 2 aliphatic rings.